The molecule has 2 N–H and O–H groups in total. The van der Waals surface area contributed by atoms with Crippen LogP contribution in [0.25, 0.3) is 10.9 Å². The summed E-state index contributed by atoms with van der Waals surface area (Å²) in [6.07, 6.45) is 1.63. The molecular weight excluding hydrogens is 290 g/mol. The molecule has 5 nitrogen and oxygen atoms in total. The standard InChI is InChI=1S/C18H15N3O2/c1-12(22)20-15-8-6-13(7-9-15)18(23)21-16-10-14-4-2-3-5-17(14)19-11-16/h2-11H,1H3,(H,20,22)(H,21,23). The number of hydrogen-bond donors (Lipinski definition) is 2. The molecule has 0 atom stereocenters. The number of nitrogens with zero attached hydrogens (tertiary/aromatic N) is 1. The minimum absolute atomic E-state index is 0.149. The van der Waals surface area contributed by atoms with Gasteiger partial charge in [-0.15, -0.1) is 0 Å². The van der Waals surface area contributed by atoms with Crippen molar-refractivity contribution in [2.24, 2.45) is 0 Å². The molecule has 1 aromatic heterocycles. The van der Waals surface area contributed by atoms with E-state index >= 15 is 0 Å². The molecular formula is C18H15N3O2. The number of pyridine rings is 1. The van der Waals surface area contributed by atoms with Crippen LogP contribution in [0.3, 0.4) is 0 Å². The van der Waals surface area contributed by atoms with E-state index < -0.39 is 0 Å². The Labute approximate surface area is 133 Å². The molecule has 23 heavy (non-hydrogen) atoms. The van der Waals surface area contributed by atoms with Crippen molar-refractivity contribution in [1.29, 1.82) is 0 Å². The highest BCUT2D eigenvalue weighted by Gasteiger charge is 2.07. The smallest absolute Gasteiger partial charge is 0.255 e. The van der Waals surface area contributed by atoms with Gasteiger partial charge in [-0.05, 0) is 36.4 Å². The molecule has 0 aliphatic rings. The maximum absolute atomic E-state index is 12.3. The first kappa shape index (κ1) is 14.7. The first-order valence-corrected chi connectivity index (χ1v) is 7.15. The number of aromatic nitrogens is 1. The highest BCUT2D eigenvalue weighted by Crippen LogP contribution is 2.17. The largest absolute Gasteiger partial charge is 0.326 e. The van der Waals surface area contributed by atoms with Gasteiger partial charge in [0.1, 0.15) is 0 Å². The summed E-state index contributed by atoms with van der Waals surface area (Å²) >= 11 is 0. The van der Waals surface area contributed by atoms with Gasteiger partial charge in [0.05, 0.1) is 17.4 Å². The summed E-state index contributed by atoms with van der Waals surface area (Å²) < 4.78 is 0. The summed E-state index contributed by atoms with van der Waals surface area (Å²) in [6.45, 7) is 1.44. The summed E-state index contributed by atoms with van der Waals surface area (Å²) in [5.74, 6) is -0.374. The predicted molar refractivity (Wildman–Crippen MR) is 90.4 cm³/mol. The SMILES string of the molecule is CC(=O)Nc1ccc(C(=O)Nc2cnc3ccccc3c2)cc1. The number of carbonyl (C=O) groups excluding carboxylic acids is 2. The van der Waals surface area contributed by atoms with Crippen LogP contribution in [0.15, 0.2) is 60.8 Å². The van der Waals surface area contributed by atoms with Gasteiger partial charge in [0.25, 0.3) is 5.91 Å². The minimum Gasteiger partial charge on any atom is -0.326 e. The van der Waals surface area contributed by atoms with Crippen molar-refractivity contribution in [3.8, 4) is 0 Å². The minimum atomic E-state index is -0.226. The van der Waals surface area contributed by atoms with Gasteiger partial charge >= 0.3 is 0 Å². The Morgan fingerprint density at radius 3 is 2.39 bits per heavy atom. The first-order chi connectivity index (χ1) is 11.1. The molecule has 2 amide bonds. The van der Waals surface area contributed by atoms with Crippen LogP contribution in [-0.2, 0) is 4.79 Å². The highest BCUT2D eigenvalue weighted by molar-refractivity contribution is 6.05. The van der Waals surface area contributed by atoms with E-state index in [0.717, 1.165) is 10.9 Å². The topological polar surface area (TPSA) is 71.1 Å². The lowest BCUT2D eigenvalue weighted by Crippen LogP contribution is -2.12. The van der Waals surface area contributed by atoms with Gasteiger partial charge in [-0.1, -0.05) is 18.2 Å². The van der Waals surface area contributed by atoms with E-state index in [1.54, 1.807) is 30.5 Å². The molecule has 114 valence electrons. The summed E-state index contributed by atoms with van der Waals surface area (Å²) in [5, 5.41) is 6.45. The van der Waals surface area contributed by atoms with Gasteiger partial charge in [-0.3, -0.25) is 14.6 Å². The molecule has 0 saturated carbocycles. The molecule has 0 saturated heterocycles. The fourth-order valence-corrected chi connectivity index (χ4v) is 2.25. The Morgan fingerprint density at radius 2 is 1.65 bits per heavy atom. The lowest BCUT2D eigenvalue weighted by atomic mass is 10.1. The number of amides is 2. The average Bonchev–Trinajstić information content (AvgIpc) is 2.55. The monoisotopic (exact) mass is 305 g/mol. The predicted octanol–water partition coefficient (Wildman–Crippen LogP) is 3.45. The zero-order valence-electron chi connectivity index (χ0n) is 12.5. The van der Waals surface area contributed by atoms with Crippen LogP contribution >= 0.6 is 0 Å². The Bertz CT molecular complexity index is 873. The van der Waals surface area contributed by atoms with Crippen molar-refractivity contribution in [1.82, 2.24) is 4.98 Å². The van der Waals surface area contributed by atoms with E-state index in [1.165, 1.54) is 6.92 Å². The molecule has 0 aliphatic heterocycles. The fourth-order valence-electron chi connectivity index (χ4n) is 2.25. The quantitative estimate of drug-likeness (QED) is 0.778. The van der Waals surface area contributed by atoms with Crippen LogP contribution in [-0.4, -0.2) is 16.8 Å². The van der Waals surface area contributed by atoms with Crippen molar-refractivity contribution in [2.75, 3.05) is 10.6 Å². The van der Waals surface area contributed by atoms with E-state index in [9.17, 15) is 9.59 Å². The van der Waals surface area contributed by atoms with Crippen LogP contribution in [0.5, 0.6) is 0 Å². The number of benzene rings is 2. The molecule has 3 rings (SSSR count). The van der Waals surface area contributed by atoms with Crippen LogP contribution in [0.4, 0.5) is 11.4 Å². The van der Waals surface area contributed by atoms with Crippen molar-refractivity contribution >= 4 is 34.1 Å². The van der Waals surface area contributed by atoms with Crippen molar-refractivity contribution < 1.29 is 9.59 Å². The lowest BCUT2D eigenvalue weighted by molar-refractivity contribution is -0.114. The van der Waals surface area contributed by atoms with Gasteiger partial charge in [0.2, 0.25) is 5.91 Å². The fraction of sp³-hybridized carbons (Fsp3) is 0.0556. The Morgan fingerprint density at radius 1 is 0.913 bits per heavy atom. The van der Waals surface area contributed by atoms with E-state index in [-0.39, 0.29) is 11.8 Å². The van der Waals surface area contributed by atoms with Crippen molar-refractivity contribution in [2.45, 2.75) is 6.92 Å². The molecule has 0 radical (unpaired) electrons. The van der Waals surface area contributed by atoms with E-state index in [0.29, 0.717) is 16.9 Å². The van der Waals surface area contributed by atoms with E-state index in [4.69, 9.17) is 0 Å². The van der Waals surface area contributed by atoms with E-state index in [1.807, 2.05) is 30.3 Å². The molecule has 0 spiro atoms. The molecule has 0 fully saturated rings. The third-order valence-corrected chi connectivity index (χ3v) is 3.32. The second-order valence-electron chi connectivity index (χ2n) is 5.13. The van der Waals surface area contributed by atoms with Crippen LogP contribution in [0, 0.1) is 0 Å². The molecule has 0 bridgehead atoms. The number of rotatable bonds is 3. The molecule has 2 aromatic carbocycles. The summed E-state index contributed by atoms with van der Waals surface area (Å²) in [4.78, 5) is 27.6. The number of fused-ring (bicyclic) bond motifs is 1. The van der Waals surface area contributed by atoms with Gasteiger partial charge in [-0.2, -0.15) is 0 Å². The third kappa shape index (κ3) is 3.52. The van der Waals surface area contributed by atoms with Gasteiger partial charge < -0.3 is 10.6 Å². The normalized spacial score (nSPS) is 10.3. The van der Waals surface area contributed by atoms with Crippen LogP contribution in [0.2, 0.25) is 0 Å². The number of carbonyl (C=O) groups is 2. The lowest BCUT2D eigenvalue weighted by Gasteiger charge is -2.07. The molecule has 1 heterocycles. The zero-order chi connectivity index (χ0) is 16.2. The number of hydrogen-bond acceptors (Lipinski definition) is 3. The average molecular weight is 305 g/mol. The Kier molecular flexibility index (Phi) is 4.01. The molecule has 3 aromatic rings. The maximum Gasteiger partial charge on any atom is 0.255 e. The Balaban J connectivity index is 1.76. The summed E-state index contributed by atoms with van der Waals surface area (Å²) in [7, 11) is 0. The number of anilines is 2. The second-order valence-corrected chi connectivity index (χ2v) is 5.13. The van der Waals surface area contributed by atoms with Crippen molar-refractivity contribution in [3.63, 3.8) is 0 Å². The number of nitrogens with one attached hydrogen (secondary N) is 2. The molecule has 0 unspecified atom stereocenters. The summed E-state index contributed by atoms with van der Waals surface area (Å²) in [5.41, 5.74) is 2.68. The van der Waals surface area contributed by atoms with Gasteiger partial charge in [-0.25, -0.2) is 0 Å². The van der Waals surface area contributed by atoms with E-state index in [2.05, 4.69) is 15.6 Å². The first-order valence-electron chi connectivity index (χ1n) is 7.15. The van der Waals surface area contributed by atoms with Crippen molar-refractivity contribution in [3.05, 3.63) is 66.4 Å². The molecule has 0 aliphatic carbocycles. The van der Waals surface area contributed by atoms with Crippen LogP contribution in [0.1, 0.15) is 17.3 Å². The maximum atomic E-state index is 12.3. The summed E-state index contributed by atoms with van der Waals surface area (Å²) in [6, 6.07) is 16.3. The van der Waals surface area contributed by atoms with Crippen LogP contribution < -0.4 is 10.6 Å². The molecule has 5 heteroatoms. The Hall–Kier alpha value is -3.21. The third-order valence-electron chi connectivity index (χ3n) is 3.32. The number of para-hydroxylation sites is 1. The zero-order valence-corrected chi connectivity index (χ0v) is 12.5. The van der Waals surface area contributed by atoms with Gasteiger partial charge in [0.15, 0.2) is 0 Å². The highest BCUT2D eigenvalue weighted by atomic mass is 16.2. The second kappa shape index (κ2) is 6.27. The van der Waals surface area contributed by atoms with Gasteiger partial charge in [0, 0.05) is 23.6 Å².